The van der Waals surface area contributed by atoms with Crippen LogP contribution in [-0.4, -0.2) is 11.5 Å². The van der Waals surface area contributed by atoms with Crippen molar-refractivity contribution in [2.75, 3.05) is 6.26 Å². The van der Waals surface area contributed by atoms with Crippen LogP contribution in [0.1, 0.15) is 12.5 Å². The largest absolute Gasteiger partial charge is 0.162 e. The molecule has 0 saturated carbocycles. The lowest BCUT2D eigenvalue weighted by atomic mass is 10.1. The molecule has 0 saturated heterocycles. The standard InChI is InChI=1S/C10H14S/c1-9(11-2)8-10-6-4-3-5-7-10/h3-7,9H,8H2,1-2H3/t9-/m1/s1. The summed E-state index contributed by atoms with van der Waals surface area (Å²) in [5.74, 6) is 0. The minimum atomic E-state index is 0.734. The van der Waals surface area contributed by atoms with Crippen molar-refractivity contribution in [3.8, 4) is 0 Å². The van der Waals surface area contributed by atoms with E-state index in [1.165, 1.54) is 12.0 Å². The average Bonchev–Trinajstić information content (AvgIpc) is 2.06. The maximum absolute atomic E-state index is 2.26. The van der Waals surface area contributed by atoms with Gasteiger partial charge >= 0.3 is 0 Å². The molecule has 0 heterocycles. The smallest absolute Gasteiger partial charge is 0.00563 e. The van der Waals surface area contributed by atoms with E-state index >= 15 is 0 Å². The first-order valence-corrected chi connectivity index (χ1v) is 5.18. The molecule has 0 amide bonds. The Morgan fingerprint density at radius 2 is 1.91 bits per heavy atom. The molecule has 0 radical (unpaired) electrons. The molecule has 0 bridgehead atoms. The predicted octanol–water partition coefficient (Wildman–Crippen LogP) is 2.98. The van der Waals surface area contributed by atoms with Crippen LogP contribution in [0.15, 0.2) is 30.3 Å². The Morgan fingerprint density at radius 1 is 1.27 bits per heavy atom. The lowest BCUT2D eigenvalue weighted by Gasteiger charge is -2.06. The Labute approximate surface area is 73.0 Å². The number of hydrogen-bond acceptors (Lipinski definition) is 1. The van der Waals surface area contributed by atoms with Gasteiger partial charge in [-0.25, -0.2) is 0 Å². The molecule has 0 aliphatic carbocycles. The maximum atomic E-state index is 2.26. The molecule has 0 spiro atoms. The Bertz CT molecular complexity index is 193. The Hall–Kier alpha value is -0.430. The lowest BCUT2D eigenvalue weighted by molar-refractivity contribution is 0.946. The average molecular weight is 166 g/mol. The van der Waals surface area contributed by atoms with Crippen molar-refractivity contribution in [1.29, 1.82) is 0 Å². The van der Waals surface area contributed by atoms with Gasteiger partial charge in [0.1, 0.15) is 0 Å². The summed E-state index contributed by atoms with van der Waals surface area (Å²) in [6, 6.07) is 10.6. The second kappa shape index (κ2) is 4.45. The van der Waals surface area contributed by atoms with Gasteiger partial charge in [-0.3, -0.25) is 0 Å². The van der Waals surface area contributed by atoms with Gasteiger partial charge in [0.2, 0.25) is 0 Å². The molecule has 0 aromatic heterocycles. The van der Waals surface area contributed by atoms with Crippen LogP contribution in [0.3, 0.4) is 0 Å². The third kappa shape index (κ3) is 2.98. The van der Waals surface area contributed by atoms with Gasteiger partial charge in [0.15, 0.2) is 0 Å². The summed E-state index contributed by atoms with van der Waals surface area (Å²) >= 11 is 1.92. The molecule has 1 heteroatoms. The van der Waals surface area contributed by atoms with Gasteiger partial charge in [0, 0.05) is 5.25 Å². The first kappa shape index (κ1) is 8.66. The van der Waals surface area contributed by atoms with Gasteiger partial charge in [0.05, 0.1) is 0 Å². The predicted molar refractivity (Wildman–Crippen MR) is 53.1 cm³/mol. The first-order chi connectivity index (χ1) is 5.33. The zero-order valence-corrected chi connectivity index (χ0v) is 7.90. The Balaban J connectivity index is 2.51. The molecule has 11 heavy (non-hydrogen) atoms. The van der Waals surface area contributed by atoms with E-state index in [0.29, 0.717) is 0 Å². The highest BCUT2D eigenvalue weighted by atomic mass is 32.2. The number of hydrogen-bond donors (Lipinski definition) is 0. The molecule has 0 N–H and O–H groups in total. The first-order valence-electron chi connectivity index (χ1n) is 3.89. The van der Waals surface area contributed by atoms with E-state index in [2.05, 4.69) is 43.5 Å². The van der Waals surface area contributed by atoms with E-state index in [4.69, 9.17) is 0 Å². The third-order valence-corrected chi connectivity index (χ3v) is 2.74. The molecule has 1 rings (SSSR count). The van der Waals surface area contributed by atoms with Gasteiger partial charge in [-0.2, -0.15) is 11.8 Å². The van der Waals surface area contributed by atoms with Crippen LogP contribution in [-0.2, 0) is 6.42 Å². The Morgan fingerprint density at radius 3 is 2.45 bits per heavy atom. The minimum Gasteiger partial charge on any atom is -0.162 e. The van der Waals surface area contributed by atoms with Crippen molar-refractivity contribution in [2.24, 2.45) is 0 Å². The number of thioether (sulfide) groups is 1. The van der Waals surface area contributed by atoms with Crippen molar-refractivity contribution in [1.82, 2.24) is 0 Å². The Kier molecular flexibility index (Phi) is 3.50. The molecule has 0 aliphatic rings. The molecule has 0 aliphatic heterocycles. The quantitative estimate of drug-likeness (QED) is 0.665. The van der Waals surface area contributed by atoms with Crippen LogP contribution in [0.2, 0.25) is 0 Å². The molecule has 1 aromatic rings. The van der Waals surface area contributed by atoms with Crippen molar-refractivity contribution in [3.05, 3.63) is 35.9 Å². The highest BCUT2D eigenvalue weighted by Gasteiger charge is 1.99. The number of rotatable bonds is 3. The molecule has 1 atom stereocenters. The second-order valence-corrected chi connectivity index (χ2v) is 4.01. The van der Waals surface area contributed by atoms with E-state index < -0.39 is 0 Å². The van der Waals surface area contributed by atoms with Gasteiger partial charge in [-0.15, -0.1) is 0 Å². The fraction of sp³-hybridized carbons (Fsp3) is 0.400. The molecule has 0 unspecified atom stereocenters. The fourth-order valence-corrected chi connectivity index (χ4v) is 1.39. The van der Waals surface area contributed by atoms with E-state index in [-0.39, 0.29) is 0 Å². The third-order valence-electron chi connectivity index (χ3n) is 1.77. The van der Waals surface area contributed by atoms with E-state index in [1.807, 2.05) is 11.8 Å². The van der Waals surface area contributed by atoms with Crippen LogP contribution in [0.5, 0.6) is 0 Å². The van der Waals surface area contributed by atoms with Crippen LogP contribution >= 0.6 is 11.8 Å². The molecular weight excluding hydrogens is 152 g/mol. The molecule has 60 valence electrons. The van der Waals surface area contributed by atoms with Crippen molar-refractivity contribution in [3.63, 3.8) is 0 Å². The summed E-state index contributed by atoms with van der Waals surface area (Å²) in [7, 11) is 0. The zero-order valence-electron chi connectivity index (χ0n) is 7.08. The summed E-state index contributed by atoms with van der Waals surface area (Å²) in [6.45, 7) is 2.26. The molecule has 1 aromatic carbocycles. The van der Waals surface area contributed by atoms with Gasteiger partial charge in [-0.1, -0.05) is 37.3 Å². The lowest BCUT2D eigenvalue weighted by Crippen LogP contribution is -1.99. The summed E-state index contributed by atoms with van der Waals surface area (Å²) in [5, 5.41) is 0.734. The van der Waals surface area contributed by atoms with Crippen LogP contribution in [0, 0.1) is 0 Å². The van der Waals surface area contributed by atoms with E-state index in [0.717, 1.165) is 5.25 Å². The summed E-state index contributed by atoms with van der Waals surface area (Å²) in [5.41, 5.74) is 1.44. The van der Waals surface area contributed by atoms with Gasteiger partial charge in [0.25, 0.3) is 0 Å². The highest BCUT2D eigenvalue weighted by molar-refractivity contribution is 7.99. The summed E-state index contributed by atoms with van der Waals surface area (Å²) in [4.78, 5) is 0. The summed E-state index contributed by atoms with van der Waals surface area (Å²) < 4.78 is 0. The van der Waals surface area contributed by atoms with E-state index in [9.17, 15) is 0 Å². The van der Waals surface area contributed by atoms with Crippen molar-refractivity contribution >= 4 is 11.8 Å². The normalized spacial score (nSPS) is 12.9. The van der Waals surface area contributed by atoms with Crippen LogP contribution in [0.25, 0.3) is 0 Å². The summed E-state index contributed by atoms with van der Waals surface area (Å²) in [6.07, 6.45) is 3.34. The highest BCUT2D eigenvalue weighted by Crippen LogP contribution is 2.12. The maximum Gasteiger partial charge on any atom is 0.00563 e. The monoisotopic (exact) mass is 166 g/mol. The topological polar surface area (TPSA) is 0 Å². The number of benzene rings is 1. The zero-order chi connectivity index (χ0) is 8.10. The van der Waals surface area contributed by atoms with Crippen LogP contribution < -0.4 is 0 Å². The SMILES string of the molecule is CS[C@H](C)Cc1ccccc1. The van der Waals surface area contributed by atoms with Crippen molar-refractivity contribution < 1.29 is 0 Å². The second-order valence-electron chi connectivity index (χ2n) is 2.74. The van der Waals surface area contributed by atoms with Gasteiger partial charge < -0.3 is 0 Å². The van der Waals surface area contributed by atoms with Crippen molar-refractivity contribution in [2.45, 2.75) is 18.6 Å². The van der Waals surface area contributed by atoms with Crippen LogP contribution in [0.4, 0.5) is 0 Å². The fourth-order valence-electron chi connectivity index (χ4n) is 1.03. The van der Waals surface area contributed by atoms with E-state index in [1.54, 1.807) is 0 Å². The molecule has 0 nitrogen and oxygen atoms in total. The van der Waals surface area contributed by atoms with Gasteiger partial charge in [-0.05, 0) is 18.2 Å². The molecular formula is C10H14S. The minimum absolute atomic E-state index is 0.734. The molecule has 0 fully saturated rings.